The van der Waals surface area contributed by atoms with E-state index in [1.165, 1.54) is 11.3 Å². The Morgan fingerprint density at radius 3 is 2.79 bits per heavy atom. The predicted molar refractivity (Wildman–Crippen MR) is 82.3 cm³/mol. The molecule has 19 heavy (non-hydrogen) atoms. The number of hydrogen-bond donors (Lipinski definition) is 2. The molecule has 96 valence electrons. The van der Waals surface area contributed by atoms with E-state index in [0.717, 1.165) is 4.47 Å². The molecular weight excluding hydrogens is 350 g/mol. The van der Waals surface area contributed by atoms with Gasteiger partial charge in [0.1, 0.15) is 5.75 Å². The van der Waals surface area contributed by atoms with E-state index in [0.29, 0.717) is 20.8 Å². The van der Waals surface area contributed by atoms with E-state index < -0.39 is 0 Å². The molecule has 0 radical (unpaired) electrons. The molecule has 2 heterocycles. The lowest BCUT2D eigenvalue weighted by Gasteiger charge is -2.06. The van der Waals surface area contributed by atoms with Crippen LogP contribution in [-0.4, -0.2) is 10.1 Å². The number of benzene rings is 1. The second-order valence-electron chi connectivity index (χ2n) is 3.95. The molecule has 1 aromatic carbocycles. The summed E-state index contributed by atoms with van der Waals surface area (Å²) in [5.41, 5.74) is 0.960. The fourth-order valence-electron chi connectivity index (χ4n) is 1.94. The highest BCUT2D eigenvalue weighted by atomic mass is 79.9. The maximum atomic E-state index is 12.2. The van der Waals surface area contributed by atoms with Gasteiger partial charge >= 0.3 is 0 Å². The minimum Gasteiger partial charge on any atom is -0.506 e. The predicted octanol–water partition coefficient (Wildman–Crippen LogP) is 4.38. The molecule has 0 saturated carbocycles. The van der Waals surface area contributed by atoms with Crippen LogP contribution < -0.4 is 5.56 Å². The first-order valence-corrected chi connectivity index (χ1v) is 7.41. The first-order chi connectivity index (χ1) is 9.09. The van der Waals surface area contributed by atoms with Crippen molar-refractivity contribution in [1.29, 1.82) is 0 Å². The van der Waals surface area contributed by atoms with Gasteiger partial charge in [-0.05, 0) is 22.0 Å². The van der Waals surface area contributed by atoms with Gasteiger partial charge in [0.25, 0.3) is 5.56 Å². The van der Waals surface area contributed by atoms with E-state index in [1.54, 1.807) is 24.3 Å². The van der Waals surface area contributed by atoms with Crippen LogP contribution in [0.4, 0.5) is 0 Å². The van der Waals surface area contributed by atoms with E-state index in [2.05, 4.69) is 20.9 Å². The maximum Gasteiger partial charge on any atom is 0.260 e. The van der Waals surface area contributed by atoms with E-state index in [9.17, 15) is 9.90 Å². The molecule has 0 fully saturated rings. The van der Waals surface area contributed by atoms with Crippen LogP contribution in [0.25, 0.3) is 21.3 Å². The van der Waals surface area contributed by atoms with E-state index in [-0.39, 0.29) is 16.9 Å². The van der Waals surface area contributed by atoms with E-state index in [1.807, 2.05) is 5.38 Å². The number of aromatic nitrogens is 1. The third-order valence-corrected chi connectivity index (χ3v) is 5.05. The van der Waals surface area contributed by atoms with Crippen molar-refractivity contribution in [3.63, 3.8) is 0 Å². The maximum absolute atomic E-state index is 12.2. The fraction of sp³-hybridized carbons (Fsp3) is 0. The molecule has 3 nitrogen and oxygen atoms in total. The molecule has 0 amide bonds. The van der Waals surface area contributed by atoms with Gasteiger partial charge in [-0.1, -0.05) is 29.8 Å². The van der Waals surface area contributed by atoms with Gasteiger partial charge in [0, 0.05) is 16.0 Å². The lowest BCUT2D eigenvalue weighted by Crippen LogP contribution is -2.09. The molecule has 0 spiro atoms. The number of fused-ring (bicyclic) bond motifs is 1. The Balaban J connectivity index is 2.43. The van der Waals surface area contributed by atoms with Crippen LogP contribution in [0.15, 0.2) is 38.9 Å². The van der Waals surface area contributed by atoms with Crippen molar-refractivity contribution in [2.45, 2.75) is 0 Å². The topological polar surface area (TPSA) is 53.1 Å². The van der Waals surface area contributed by atoms with Gasteiger partial charge in [0.15, 0.2) is 0 Å². The van der Waals surface area contributed by atoms with Crippen molar-refractivity contribution >= 4 is 49.1 Å². The highest BCUT2D eigenvalue weighted by Crippen LogP contribution is 2.40. The summed E-state index contributed by atoms with van der Waals surface area (Å²) in [6, 6.07) is 6.94. The molecule has 0 aliphatic carbocycles. The summed E-state index contributed by atoms with van der Waals surface area (Å²) in [5, 5.41) is 12.6. The number of halogens is 2. The zero-order valence-corrected chi connectivity index (χ0v) is 12.6. The van der Waals surface area contributed by atoms with Crippen molar-refractivity contribution in [2.24, 2.45) is 0 Å². The molecule has 0 atom stereocenters. The Morgan fingerprint density at radius 1 is 1.32 bits per heavy atom. The van der Waals surface area contributed by atoms with Gasteiger partial charge in [-0.15, -0.1) is 11.3 Å². The van der Waals surface area contributed by atoms with Crippen molar-refractivity contribution < 1.29 is 5.11 Å². The Kier molecular flexibility index (Phi) is 3.12. The lowest BCUT2D eigenvalue weighted by molar-refractivity contribution is 0.483. The van der Waals surface area contributed by atoms with Crippen molar-refractivity contribution in [2.75, 3.05) is 0 Å². The first-order valence-electron chi connectivity index (χ1n) is 5.36. The zero-order valence-electron chi connectivity index (χ0n) is 9.41. The van der Waals surface area contributed by atoms with Crippen LogP contribution >= 0.6 is 38.9 Å². The summed E-state index contributed by atoms with van der Waals surface area (Å²) in [5.74, 6) is -0.0393. The summed E-state index contributed by atoms with van der Waals surface area (Å²) in [6.07, 6.45) is 0. The van der Waals surface area contributed by atoms with Gasteiger partial charge in [0.05, 0.1) is 20.3 Å². The average molecular weight is 357 g/mol. The second kappa shape index (κ2) is 4.67. The monoisotopic (exact) mass is 355 g/mol. The first kappa shape index (κ1) is 12.7. The Labute approximate surface area is 125 Å². The molecule has 0 unspecified atom stereocenters. The lowest BCUT2D eigenvalue weighted by atomic mass is 10.1. The average Bonchev–Trinajstić information content (AvgIpc) is 2.74. The van der Waals surface area contributed by atoms with Crippen LogP contribution in [-0.2, 0) is 0 Å². The zero-order chi connectivity index (χ0) is 13.6. The smallest absolute Gasteiger partial charge is 0.260 e. The Morgan fingerprint density at radius 2 is 2.05 bits per heavy atom. The number of aromatic hydroxyl groups is 1. The standard InChI is InChI=1S/C13H7BrClNO2S/c14-7-5-19-12-10(7)16-13(18)9(11(12)17)6-3-1-2-4-8(6)15/h1-5H,(H2,16,17,18). The van der Waals surface area contributed by atoms with Crippen molar-refractivity contribution in [3.05, 3.63) is 49.5 Å². The fourth-order valence-corrected chi connectivity index (χ4v) is 3.71. The summed E-state index contributed by atoms with van der Waals surface area (Å²) in [7, 11) is 0. The molecule has 0 bridgehead atoms. The number of hydrogen-bond acceptors (Lipinski definition) is 3. The third-order valence-electron chi connectivity index (χ3n) is 2.81. The number of pyridine rings is 1. The second-order valence-corrected chi connectivity index (χ2v) is 6.09. The van der Waals surface area contributed by atoms with Gasteiger partial charge in [-0.3, -0.25) is 4.79 Å². The number of thiophene rings is 1. The number of nitrogens with one attached hydrogen (secondary N) is 1. The SMILES string of the molecule is O=c1[nH]c2c(Br)csc2c(O)c1-c1ccccc1Cl. The molecule has 0 saturated heterocycles. The highest BCUT2D eigenvalue weighted by molar-refractivity contribution is 9.10. The normalized spacial score (nSPS) is 11.1. The molecule has 2 aromatic heterocycles. The van der Waals surface area contributed by atoms with Crippen molar-refractivity contribution in [1.82, 2.24) is 4.98 Å². The molecule has 0 aliphatic rings. The largest absolute Gasteiger partial charge is 0.506 e. The molecule has 2 N–H and O–H groups in total. The van der Waals surface area contributed by atoms with Crippen LogP contribution in [0, 0.1) is 0 Å². The van der Waals surface area contributed by atoms with E-state index >= 15 is 0 Å². The minimum absolute atomic E-state index is 0.0393. The van der Waals surface area contributed by atoms with Crippen LogP contribution in [0.1, 0.15) is 0 Å². The summed E-state index contributed by atoms with van der Waals surface area (Å²) in [4.78, 5) is 14.9. The molecule has 3 rings (SSSR count). The molecular formula is C13H7BrClNO2S. The van der Waals surface area contributed by atoms with Crippen molar-refractivity contribution in [3.8, 4) is 16.9 Å². The van der Waals surface area contributed by atoms with Gasteiger partial charge in [-0.2, -0.15) is 0 Å². The van der Waals surface area contributed by atoms with Crippen LogP contribution in [0.5, 0.6) is 5.75 Å². The summed E-state index contributed by atoms with van der Waals surface area (Å²) < 4.78 is 1.38. The van der Waals surface area contributed by atoms with Crippen LogP contribution in [0.2, 0.25) is 5.02 Å². The molecule has 6 heteroatoms. The Hall–Kier alpha value is -1.30. The van der Waals surface area contributed by atoms with Gasteiger partial charge in [0.2, 0.25) is 0 Å². The highest BCUT2D eigenvalue weighted by Gasteiger charge is 2.18. The summed E-state index contributed by atoms with van der Waals surface area (Å²) >= 11 is 10.8. The third kappa shape index (κ3) is 1.98. The minimum atomic E-state index is -0.364. The molecule has 0 aliphatic heterocycles. The van der Waals surface area contributed by atoms with Gasteiger partial charge in [-0.25, -0.2) is 0 Å². The quantitative estimate of drug-likeness (QED) is 0.680. The Bertz CT molecular complexity index is 840. The molecule has 3 aromatic rings. The number of rotatable bonds is 1. The van der Waals surface area contributed by atoms with Gasteiger partial charge < -0.3 is 10.1 Å². The van der Waals surface area contributed by atoms with E-state index in [4.69, 9.17) is 11.6 Å². The number of H-pyrrole nitrogens is 1. The summed E-state index contributed by atoms with van der Waals surface area (Å²) in [6.45, 7) is 0. The van der Waals surface area contributed by atoms with Crippen LogP contribution in [0.3, 0.4) is 0 Å². The number of aromatic amines is 1.